The molecule has 0 amide bonds. The summed E-state index contributed by atoms with van der Waals surface area (Å²) >= 11 is 5.41. The zero-order valence-corrected chi connectivity index (χ0v) is 10.2. The molecule has 0 spiro atoms. The quantitative estimate of drug-likeness (QED) is 0.843. The maximum absolute atomic E-state index is 13.2. The molecule has 1 fully saturated rings. The smallest absolute Gasteiger partial charge is 0.124 e. The lowest BCUT2D eigenvalue weighted by Crippen LogP contribution is -2.16. The molecule has 0 unspecified atom stereocenters. The minimum absolute atomic E-state index is 0.238. The van der Waals surface area contributed by atoms with E-state index in [2.05, 4.69) is 5.32 Å². The summed E-state index contributed by atoms with van der Waals surface area (Å²) in [6, 6.07) is 5.16. The van der Waals surface area contributed by atoms with Crippen molar-refractivity contribution in [2.75, 3.05) is 6.61 Å². The average Bonchev–Trinajstić information content (AvgIpc) is 3.13. The molecule has 0 aromatic heterocycles. The van der Waals surface area contributed by atoms with E-state index in [0.29, 0.717) is 24.9 Å². The molecule has 1 aliphatic rings. The molecule has 17 heavy (non-hydrogen) atoms. The van der Waals surface area contributed by atoms with Gasteiger partial charge in [-0.2, -0.15) is 0 Å². The maximum atomic E-state index is 13.2. The Labute approximate surface area is 105 Å². The SMILES string of the molecule is Fc1ccc(OC/C=C/Cl)c(CNC2CC2)c1. The van der Waals surface area contributed by atoms with Crippen LogP contribution < -0.4 is 10.1 Å². The van der Waals surface area contributed by atoms with Gasteiger partial charge in [-0.25, -0.2) is 4.39 Å². The van der Waals surface area contributed by atoms with Gasteiger partial charge in [0, 0.05) is 23.7 Å². The Hall–Kier alpha value is -1.06. The van der Waals surface area contributed by atoms with Gasteiger partial charge in [-0.1, -0.05) is 11.6 Å². The first-order chi connectivity index (χ1) is 8.29. The van der Waals surface area contributed by atoms with Crippen LogP contribution in [0.15, 0.2) is 29.8 Å². The Balaban J connectivity index is 2.00. The van der Waals surface area contributed by atoms with Crippen LogP contribution in [0.5, 0.6) is 5.75 Å². The highest BCUT2D eigenvalue weighted by molar-refractivity contribution is 6.25. The van der Waals surface area contributed by atoms with E-state index in [4.69, 9.17) is 16.3 Å². The Kier molecular flexibility index (Phi) is 4.40. The fourth-order valence-electron chi connectivity index (χ4n) is 1.54. The first-order valence-corrected chi connectivity index (χ1v) is 6.13. The molecule has 1 saturated carbocycles. The van der Waals surface area contributed by atoms with Crippen LogP contribution in [0.3, 0.4) is 0 Å². The first kappa shape index (κ1) is 12.4. The molecular weight excluding hydrogens is 241 g/mol. The largest absolute Gasteiger partial charge is 0.489 e. The number of rotatable bonds is 6. The Morgan fingerprint density at radius 3 is 3.00 bits per heavy atom. The molecule has 4 heteroatoms. The highest BCUT2D eigenvalue weighted by atomic mass is 35.5. The monoisotopic (exact) mass is 255 g/mol. The maximum Gasteiger partial charge on any atom is 0.124 e. The summed E-state index contributed by atoms with van der Waals surface area (Å²) in [5.74, 6) is 0.465. The van der Waals surface area contributed by atoms with Gasteiger partial charge in [0.05, 0.1) is 0 Å². The van der Waals surface area contributed by atoms with Gasteiger partial charge in [-0.15, -0.1) is 0 Å². The highest BCUT2D eigenvalue weighted by Gasteiger charge is 2.20. The molecule has 1 aromatic rings. The standard InChI is InChI=1S/C13H15ClFNO/c14-6-1-7-17-13-5-2-11(15)8-10(13)9-16-12-3-4-12/h1-2,5-6,8,12,16H,3-4,7,9H2/b6-1+. The van der Waals surface area contributed by atoms with Crippen molar-refractivity contribution >= 4 is 11.6 Å². The Morgan fingerprint density at radius 2 is 2.29 bits per heavy atom. The van der Waals surface area contributed by atoms with E-state index in [9.17, 15) is 4.39 Å². The molecular formula is C13H15ClFNO. The molecule has 0 bridgehead atoms. The number of benzene rings is 1. The lowest BCUT2D eigenvalue weighted by Gasteiger charge is -2.11. The summed E-state index contributed by atoms with van der Waals surface area (Å²) in [6.45, 7) is 1.04. The minimum atomic E-state index is -0.238. The number of halogens is 2. The first-order valence-electron chi connectivity index (χ1n) is 5.69. The summed E-state index contributed by atoms with van der Waals surface area (Å²) in [5, 5.41) is 3.34. The Bertz CT molecular complexity index is 404. The van der Waals surface area contributed by atoms with Gasteiger partial charge in [0.2, 0.25) is 0 Å². The van der Waals surface area contributed by atoms with Crippen LogP contribution >= 0.6 is 11.6 Å². The highest BCUT2D eigenvalue weighted by Crippen LogP contribution is 2.23. The predicted molar refractivity (Wildman–Crippen MR) is 66.7 cm³/mol. The molecule has 0 heterocycles. The molecule has 1 aromatic carbocycles. The molecule has 0 aliphatic heterocycles. The van der Waals surface area contributed by atoms with Crippen molar-refractivity contribution in [2.45, 2.75) is 25.4 Å². The van der Waals surface area contributed by atoms with Crippen molar-refractivity contribution in [3.05, 3.63) is 41.2 Å². The van der Waals surface area contributed by atoms with E-state index >= 15 is 0 Å². The summed E-state index contributed by atoms with van der Waals surface area (Å²) < 4.78 is 18.7. The summed E-state index contributed by atoms with van der Waals surface area (Å²) in [6.07, 6.45) is 4.12. The third-order valence-electron chi connectivity index (χ3n) is 2.61. The van der Waals surface area contributed by atoms with Crippen LogP contribution in [0.2, 0.25) is 0 Å². The molecule has 0 radical (unpaired) electrons. The van der Waals surface area contributed by atoms with Gasteiger partial charge in [-0.3, -0.25) is 0 Å². The van der Waals surface area contributed by atoms with E-state index in [-0.39, 0.29) is 5.82 Å². The molecule has 0 saturated heterocycles. The van der Waals surface area contributed by atoms with Crippen LogP contribution in [0, 0.1) is 5.82 Å². The van der Waals surface area contributed by atoms with Gasteiger partial charge < -0.3 is 10.1 Å². The van der Waals surface area contributed by atoms with Gasteiger partial charge >= 0.3 is 0 Å². The van der Waals surface area contributed by atoms with E-state index in [1.54, 1.807) is 12.1 Å². The van der Waals surface area contributed by atoms with Gasteiger partial charge in [-0.05, 0) is 37.1 Å². The van der Waals surface area contributed by atoms with Crippen molar-refractivity contribution in [1.29, 1.82) is 0 Å². The van der Waals surface area contributed by atoms with Crippen molar-refractivity contribution in [1.82, 2.24) is 5.32 Å². The molecule has 2 rings (SSSR count). The van der Waals surface area contributed by atoms with Crippen LogP contribution in [-0.4, -0.2) is 12.6 Å². The van der Waals surface area contributed by atoms with E-state index in [1.165, 1.54) is 30.5 Å². The molecule has 2 nitrogen and oxygen atoms in total. The second-order valence-electron chi connectivity index (χ2n) is 4.08. The third-order valence-corrected chi connectivity index (χ3v) is 2.78. The van der Waals surface area contributed by atoms with Crippen LogP contribution in [0.4, 0.5) is 4.39 Å². The lowest BCUT2D eigenvalue weighted by atomic mass is 10.2. The molecule has 0 atom stereocenters. The van der Waals surface area contributed by atoms with Crippen molar-refractivity contribution in [2.24, 2.45) is 0 Å². The summed E-state index contributed by atoms with van der Waals surface area (Å²) in [5.41, 5.74) is 2.26. The van der Waals surface area contributed by atoms with Crippen LogP contribution in [0.25, 0.3) is 0 Å². The van der Waals surface area contributed by atoms with Crippen LogP contribution in [-0.2, 0) is 6.54 Å². The predicted octanol–water partition coefficient (Wildman–Crippen LogP) is 3.21. The van der Waals surface area contributed by atoms with E-state index < -0.39 is 0 Å². The van der Waals surface area contributed by atoms with Crippen LogP contribution in [0.1, 0.15) is 18.4 Å². The second kappa shape index (κ2) is 6.03. The number of nitrogens with one attached hydrogen (secondary N) is 1. The third kappa shape index (κ3) is 4.02. The van der Waals surface area contributed by atoms with Gasteiger partial charge in [0.1, 0.15) is 18.2 Å². The second-order valence-corrected chi connectivity index (χ2v) is 4.33. The summed E-state index contributed by atoms with van der Waals surface area (Å²) in [7, 11) is 0. The normalized spacial score (nSPS) is 15.4. The number of ether oxygens (including phenoxy) is 1. The lowest BCUT2D eigenvalue weighted by molar-refractivity contribution is 0.356. The summed E-state index contributed by atoms with van der Waals surface area (Å²) in [4.78, 5) is 0. The topological polar surface area (TPSA) is 21.3 Å². The minimum Gasteiger partial charge on any atom is -0.489 e. The number of hydrogen-bond donors (Lipinski definition) is 1. The average molecular weight is 256 g/mol. The zero-order valence-electron chi connectivity index (χ0n) is 9.46. The van der Waals surface area contributed by atoms with Gasteiger partial charge in [0.15, 0.2) is 0 Å². The van der Waals surface area contributed by atoms with Crippen molar-refractivity contribution in [3.8, 4) is 5.75 Å². The van der Waals surface area contributed by atoms with Gasteiger partial charge in [0.25, 0.3) is 0 Å². The molecule has 1 N–H and O–H groups in total. The van der Waals surface area contributed by atoms with Crippen molar-refractivity contribution in [3.63, 3.8) is 0 Å². The zero-order chi connectivity index (χ0) is 12.1. The number of hydrogen-bond acceptors (Lipinski definition) is 2. The molecule has 1 aliphatic carbocycles. The fourth-order valence-corrected chi connectivity index (χ4v) is 1.62. The van der Waals surface area contributed by atoms with E-state index in [1.807, 2.05) is 0 Å². The van der Waals surface area contributed by atoms with Crippen molar-refractivity contribution < 1.29 is 9.13 Å². The fraction of sp³-hybridized carbons (Fsp3) is 0.385. The molecule has 92 valence electrons. The Morgan fingerprint density at radius 1 is 1.47 bits per heavy atom. The van der Waals surface area contributed by atoms with E-state index in [0.717, 1.165) is 5.56 Å².